The highest BCUT2D eigenvalue weighted by atomic mass is 16.5. The fraction of sp³-hybridized carbons (Fsp3) is 0.391. The molecule has 7 nitrogen and oxygen atoms in total. The van der Waals surface area contributed by atoms with E-state index in [4.69, 9.17) is 4.74 Å². The number of carbonyl (C=O) groups is 2. The molecule has 2 heterocycles. The third-order valence-electron chi connectivity index (χ3n) is 5.73. The first-order chi connectivity index (χ1) is 14.6. The van der Waals surface area contributed by atoms with Gasteiger partial charge in [0.15, 0.2) is 6.10 Å². The molecule has 2 aliphatic heterocycles. The summed E-state index contributed by atoms with van der Waals surface area (Å²) in [6, 6.07) is 13.8. The Morgan fingerprint density at radius 2 is 1.87 bits per heavy atom. The number of hydrogen-bond donors (Lipinski definition) is 2. The van der Waals surface area contributed by atoms with Crippen LogP contribution in [-0.4, -0.2) is 56.0 Å². The first kappa shape index (κ1) is 20.2. The van der Waals surface area contributed by atoms with Gasteiger partial charge in [-0.15, -0.1) is 0 Å². The van der Waals surface area contributed by atoms with Crippen molar-refractivity contribution >= 4 is 23.2 Å². The largest absolute Gasteiger partial charge is 0.478 e. The molecule has 0 aliphatic carbocycles. The minimum atomic E-state index is -0.401. The highest BCUT2D eigenvalue weighted by Crippen LogP contribution is 2.31. The second-order valence-corrected chi connectivity index (χ2v) is 7.72. The molecule has 0 radical (unpaired) electrons. The van der Waals surface area contributed by atoms with E-state index in [1.807, 2.05) is 43.3 Å². The Morgan fingerprint density at radius 3 is 2.53 bits per heavy atom. The molecule has 7 heteroatoms. The van der Waals surface area contributed by atoms with E-state index in [0.717, 1.165) is 55.4 Å². The number of rotatable bonds is 5. The molecule has 30 heavy (non-hydrogen) atoms. The number of nitrogens with zero attached hydrogens (tertiary/aromatic N) is 2. The zero-order valence-corrected chi connectivity index (χ0v) is 17.5. The van der Waals surface area contributed by atoms with Crippen LogP contribution in [0.1, 0.15) is 29.3 Å². The molecule has 2 amide bonds. The molecule has 2 aliphatic rings. The topological polar surface area (TPSA) is 73.9 Å². The second-order valence-electron chi connectivity index (χ2n) is 7.72. The molecule has 2 aromatic rings. The molecular formula is C23H28N4O3. The zero-order chi connectivity index (χ0) is 21.1. The van der Waals surface area contributed by atoms with Gasteiger partial charge in [-0.1, -0.05) is 13.0 Å². The molecule has 0 aromatic heterocycles. The van der Waals surface area contributed by atoms with Crippen LogP contribution >= 0.6 is 0 Å². The molecule has 1 fully saturated rings. The van der Waals surface area contributed by atoms with Crippen LogP contribution in [0.5, 0.6) is 5.75 Å². The lowest BCUT2D eigenvalue weighted by atomic mass is 10.1. The normalized spacial score (nSPS) is 18.9. The van der Waals surface area contributed by atoms with E-state index >= 15 is 0 Å². The molecule has 2 aromatic carbocycles. The summed E-state index contributed by atoms with van der Waals surface area (Å²) in [6.45, 7) is 6.55. The van der Waals surface area contributed by atoms with Gasteiger partial charge in [0.25, 0.3) is 11.8 Å². The van der Waals surface area contributed by atoms with Gasteiger partial charge in [-0.05, 0) is 48.4 Å². The highest BCUT2D eigenvalue weighted by Gasteiger charge is 2.26. The summed E-state index contributed by atoms with van der Waals surface area (Å²) >= 11 is 0. The SMILES string of the molecule is CC[C@@H]1Oc2ccc(CN3CCN(c4ccc(C(=O)NC)cc4)CC3)cc2NC1=O. The first-order valence-electron chi connectivity index (χ1n) is 10.5. The first-order valence-corrected chi connectivity index (χ1v) is 10.5. The average molecular weight is 409 g/mol. The van der Waals surface area contributed by atoms with Crippen molar-refractivity contribution in [2.75, 3.05) is 43.4 Å². The summed E-state index contributed by atoms with van der Waals surface area (Å²) in [5, 5.41) is 5.61. The average Bonchev–Trinajstić information content (AvgIpc) is 2.78. The Bertz CT molecular complexity index is 921. The van der Waals surface area contributed by atoms with Gasteiger partial charge in [-0.3, -0.25) is 14.5 Å². The fourth-order valence-electron chi connectivity index (χ4n) is 3.96. The van der Waals surface area contributed by atoms with Crippen molar-refractivity contribution in [2.45, 2.75) is 26.0 Å². The monoisotopic (exact) mass is 408 g/mol. The quantitative estimate of drug-likeness (QED) is 0.795. The van der Waals surface area contributed by atoms with Crippen molar-refractivity contribution in [3.63, 3.8) is 0 Å². The van der Waals surface area contributed by atoms with E-state index in [-0.39, 0.29) is 11.8 Å². The summed E-state index contributed by atoms with van der Waals surface area (Å²) in [7, 11) is 1.64. The van der Waals surface area contributed by atoms with Crippen molar-refractivity contribution in [1.82, 2.24) is 10.2 Å². The lowest BCUT2D eigenvalue weighted by Gasteiger charge is -2.36. The maximum atomic E-state index is 12.1. The van der Waals surface area contributed by atoms with Gasteiger partial charge in [0.05, 0.1) is 5.69 Å². The second kappa shape index (κ2) is 8.75. The molecule has 0 bridgehead atoms. The molecule has 2 N–H and O–H groups in total. The number of anilines is 2. The number of hydrogen-bond acceptors (Lipinski definition) is 5. The third kappa shape index (κ3) is 4.26. The summed E-state index contributed by atoms with van der Waals surface area (Å²) in [5.41, 5.74) is 3.74. The van der Waals surface area contributed by atoms with Crippen molar-refractivity contribution in [1.29, 1.82) is 0 Å². The summed E-state index contributed by atoms with van der Waals surface area (Å²) in [6.07, 6.45) is 0.257. The molecular weight excluding hydrogens is 380 g/mol. The van der Waals surface area contributed by atoms with Gasteiger partial charge in [0.2, 0.25) is 0 Å². The van der Waals surface area contributed by atoms with Crippen molar-refractivity contribution in [3.05, 3.63) is 53.6 Å². The Morgan fingerprint density at radius 1 is 1.13 bits per heavy atom. The minimum absolute atomic E-state index is 0.0665. The minimum Gasteiger partial charge on any atom is -0.478 e. The smallest absolute Gasteiger partial charge is 0.265 e. The van der Waals surface area contributed by atoms with Crippen LogP contribution in [0.25, 0.3) is 0 Å². The van der Waals surface area contributed by atoms with E-state index in [0.29, 0.717) is 12.0 Å². The summed E-state index contributed by atoms with van der Waals surface area (Å²) in [4.78, 5) is 28.5. The summed E-state index contributed by atoms with van der Waals surface area (Å²) in [5.74, 6) is 0.608. The predicted octanol–water partition coefficient (Wildman–Crippen LogP) is 2.48. The van der Waals surface area contributed by atoms with E-state index in [1.54, 1.807) is 7.05 Å². The Labute approximate surface area is 177 Å². The van der Waals surface area contributed by atoms with Crippen LogP contribution in [-0.2, 0) is 11.3 Å². The predicted molar refractivity (Wildman–Crippen MR) is 117 cm³/mol. The van der Waals surface area contributed by atoms with Gasteiger partial charge in [0.1, 0.15) is 5.75 Å². The lowest BCUT2D eigenvalue weighted by Crippen LogP contribution is -2.46. The van der Waals surface area contributed by atoms with E-state index < -0.39 is 6.10 Å². The maximum absolute atomic E-state index is 12.1. The van der Waals surface area contributed by atoms with Gasteiger partial charge in [-0.2, -0.15) is 0 Å². The van der Waals surface area contributed by atoms with Gasteiger partial charge in [0, 0.05) is 51.0 Å². The highest BCUT2D eigenvalue weighted by molar-refractivity contribution is 5.97. The van der Waals surface area contributed by atoms with Crippen molar-refractivity contribution in [3.8, 4) is 5.75 Å². The van der Waals surface area contributed by atoms with Crippen LogP contribution in [0.15, 0.2) is 42.5 Å². The number of carbonyl (C=O) groups excluding carboxylic acids is 2. The number of piperazine rings is 1. The molecule has 1 saturated heterocycles. The van der Waals surface area contributed by atoms with Gasteiger partial charge in [-0.25, -0.2) is 0 Å². The van der Waals surface area contributed by atoms with Gasteiger partial charge < -0.3 is 20.3 Å². The van der Waals surface area contributed by atoms with E-state index in [9.17, 15) is 9.59 Å². The van der Waals surface area contributed by atoms with Crippen LogP contribution in [0.3, 0.4) is 0 Å². The third-order valence-corrected chi connectivity index (χ3v) is 5.73. The molecule has 0 unspecified atom stereocenters. The molecule has 0 saturated carbocycles. The van der Waals surface area contributed by atoms with Crippen LogP contribution < -0.4 is 20.3 Å². The van der Waals surface area contributed by atoms with Crippen molar-refractivity contribution in [2.24, 2.45) is 0 Å². The Hall–Kier alpha value is -3.06. The van der Waals surface area contributed by atoms with Crippen LogP contribution in [0.2, 0.25) is 0 Å². The number of ether oxygens (including phenoxy) is 1. The standard InChI is InChI=1S/C23H28N4O3/c1-3-20-23(29)25-19-14-16(4-9-21(19)30-20)15-26-10-12-27(13-11-26)18-7-5-17(6-8-18)22(28)24-2/h4-9,14,20H,3,10-13,15H2,1-2H3,(H,24,28)(H,25,29)/t20-/m0/s1. The molecule has 4 rings (SSSR count). The Balaban J connectivity index is 1.34. The maximum Gasteiger partial charge on any atom is 0.265 e. The van der Waals surface area contributed by atoms with Crippen LogP contribution in [0, 0.1) is 0 Å². The fourth-order valence-corrected chi connectivity index (χ4v) is 3.96. The number of nitrogens with one attached hydrogen (secondary N) is 2. The van der Waals surface area contributed by atoms with E-state index in [1.165, 1.54) is 0 Å². The molecule has 1 atom stereocenters. The lowest BCUT2D eigenvalue weighted by molar-refractivity contribution is -0.123. The van der Waals surface area contributed by atoms with Crippen molar-refractivity contribution < 1.29 is 14.3 Å². The summed E-state index contributed by atoms with van der Waals surface area (Å²) < 4.78 is 5.77. The molecule has 158 valence electrons. The number of amides is 2. The van der Waals surface area contributed by atoms with Crippen LogP contribution in [0.4, 0.5) is 11.4 Å². The molecule has 0 spiro atoms. The number of fused-ring (bicyclic) bond motifs is 1. The van der Waals surface area contributed by atoms with Gasteiger partial charge >= 0.3 is 0 Å². The Kier molecular flexibility index (Phi) is 5.90. The zero-order valence-electron chi connectivity index (χ0n) is 17.5. The van der Waals surface area contributed by atoms with E-state index in [2.05, 4.69) is 26.5 Å². The number of benzene rings is 2.